The second-order valence-corrected chi connectivity index (χ2v) is 3.04. The van der Waals surface area contributed by atoms with Crippen LogP contribution in [0.2, 0.25) is 6.82 Å². The topological polar surface area (TPSA) is 113 Å². The minimum atomic E-state index is -4.61. The minimum absolute atomic E-state index is 0.826. The molecule has 10 heavy (non-hydrogen) atoms. The zero-order chi connectivity index (χ0) is 8.36. The maximum Gasteiger partial charge on any atom is 0.471 e. The van der Waals surface area contributed by atoms with E-state index in [0.717, 1.165) is 0 Å². The molecule has 0 aliphatic heterocycles. The van der Waals surface area contributed by atoms with Gasteiger partial charge in [0, 0.05) is 0 Å². The van der Waals surface area contributed by atoms with E-state index in [1.54, 1.807) is 0 Å². The van der Waals surface area contributed by atoms with E-state index >= 15 is 0 Å². The van der Waals surface area contributed by atoms with Gasteiger partial charge in [0.15, 0.2) is 6.19 Å². The summed E-state index contributed by atoms with van der Waals surface area (Å²) in [5, 5.41) is 8.62. The van der Waals surface area contributed by atoms with Gasteiger partial charge in [0.25, 0.3) is 6.85 Å². The molecule has 0 spiro atoms. The molecule has 0 heterocycles. The molecular weight excluding hydrogens is 160 g/mol. The summed E-state index contributed by atoms with van der Waals surface area (Å²) in [5.41, 5.74) is 5.02. The Labute approximate surface area is 58.3 Å². The third kappa shape index (κ3) is 4.93. The quantitative estimate of drug-likeness (QED) is 0.233. The Morgan fingerprint density at radius 3 is 2.20 bits per heavy atom. The van der Waals surface area contributed by atoms with Crippen LogP contribution in [0, 0.1) is 0 Å². The Balaban J connectivity index is 3.80. The van der Waals surface area contributed by atoms with Gasteiger partial charge in [0.1, 0.15) is 0 Å². The van der Waals surface area contributed by atoms with Crippen LogP contribution >= 0.6 is 7.82 Å². The predicted molar refractivity (Wildman–Crippen MR) is 34.9 cm³/mol. The average molecular weight is 169 g/mol. The first-order valence-electron chi connectivity index (χ1n) is 2.50. The van der Waals surface area contributed by atoms with Crippen LogP contribution in [0.5, 0.6) is 0 Å². The van der Waals surface area contributed by atoms with E-state index in [1.807, 2.05) is 0 Å². The molecule has 8 heteroatoms. The lowest BCUT2D eigenvalue weighted by Crippen LogP contribution is -2.38. The van der Waals surface area contributed by atoms with Crippen molar-refractivity contribution in [1.82, 2.24) is 0 Å². The molecule has 0 fully saturated rings. The van der Waals surface area contributed by atoms with Crippen LogP contribution in [-0.4, -0.2) is 27.9 Å². The number of rotatable bonds is 3. The van der Waals surface area contributed by atoms with Crippen LogP contribution in [-0.2, 0) is 9.09 Å². The smallest absolute Gasteiger partial charge is 0.373 e. The third-order valence-electron chi connectivity index (χ3n) is 0.695. The number of phosphoric acid groups is 1. The van der Waals surface area contributed by atoms with Crippen LogP contribution in [0.1, 0.15) is 0 Å². The molecule has 0 saturated heterocycles. The zero-order valence-corrected chi connectivity index (χ0v) is 6.23. The first-order chi connectivity index (χ1) is 4.33. The Bertz CT molecular complexity index is 145. The van der Waals surface area contributed by atoms with E-state index in [9.17, 15) is 4.57 Å². The summed E-state index contributed by atoms with van der Waals surface area (Å²) >= 11 is 0. The summed E-state index contributed by atoms with van der Waals surface area (Å²) < 4.78 is 13.8. The van der Waals surface area contributed by atoms with Crippen LogP contribution < -0.4 is 5.64 Å². The molecule has 60 valence electrons. The molecule has 0 aromatic heterocycles. The van der Waals surface area contributed by atoms with Crippen molar-refractivity contribution in [2.75, 3.05) is 0 Å². The van der Waals surface area contributed by atoms with Gasteiger partial charge in [-0.2, -0.15) is 0 Å². The van der Waals surface area contributed by atoms with Gasteiger partial charge in [-0.25, -0.2) is 4.57 Å². The van der Waals surface area contributed by atoms with E-state index in [4.69, 9.17) is 20.5 Å². The van der Waals surface area contributed by atoms with Crippen LogP contribution in [0.4, 0.5) is 0 Å². The van der Waals surface area contributed by atoms with E-state index in [-0.39, 0.29) is 0 Å². The molecule has 0 aliphatic rings. The van der Waals surface area contributed by atoms with Crippen molar-refractivity contribution in [3.8, 4) is 0 Å². The fraction of sp³-hybridized carbons (Fsp3) is 1.00. The Morgan fingerprint density at radius 2 is 2.10 bits per heavy atom. The molecule has 5 N–H and O–H groups in total. The lowest BCUT2D eigenvalue weighted by molar-refractivity contribution is 0.0218. The second-order valence-electron chi connectivity index (χ2n) is 1.85. The van der Waals surface area contributed by atoms with Crippen molar-refractivity contribution in [3.63, 3.8) is 0 Å². The molecule has 0 bridgehead atoms. The van der Waals surface area contributed by atoms with Crippen molar-refractivity contribution in [2.24, 2.45) is 5.64 Å². The van der Waals surface area contributed by atoms with Crippen molar-refractivity contribution in [3.05, 3.63) is 0 Å². The van der Waals surface area contributed by atoms with Gasteiger partial charge in [-0.05, 0) is 0 Å². The van der Waals surface area contributed by atoms with E-state index in [0.29, 0.717) is 0 Å². The molecule has 6 nitrogen and oxygen atoms in total. The van der Waals surface area contributed by atoms with E-state index < -0.39 is 20.9 Å². The van der Waals surface area contributed by atoms with Gasteiger partial charge in [0.05, 0.1) is 0 Å². The maximum atomic E-state index is 10.0. The van der Waals surface area contributed by atoms with E-state index in [1.165, 1.54) is 6.82 Å². The molecule has 1 unspecified atom stereocenters. The first-order valence-corrected chi connectivity index (χ1v) is 4.03. The number of hydrogen-bond acceptors (Lipinski definition) is 4. The fourth-order valence-corrected chi connectivity index (χ4v) is 0.710. The van der Waals surface area contributed by atoms with E-state index in [2.05, 4.69) is 4.52 Å². The van der Waals surface area contributed by atoms with Crippen molar-refractivity contribution >= 4 is 14.7 Å². The SMILES string of the molecule is CB(N)C(O)OP(=O)(O)O. The largest absolute Gasteiger partial charge is 0.471 e. The summed E-state index contributed by atoms with van der Waals surface area (Å²) in [6.07, 6.45) is -1.62. The second kappa shape index (κ2) is 3.48. The maximum absolute atomic E-state index is 10.0. The van der Waals surface area contributed by atoms with Gasteiger partial charge in [-0.15, -0.1) is 0 Å². The van der Waals surface area contributed by atoms with Crippen molar-refractivity contribution in [2.45, 2.75) is 13.0 Å². The highest BCUT2D eigenvalue weighted by Gasteiger charge is 2.24. The Morgan fingerprint density at radius 1 is 1.70 bits per heavy atom. The summed E-state index contributed by atoms with van der Waals surface area (Å²) in [7, 11) is -4.61. The number of nitrogens with two attached hydrogens (primary N) is 1. The van der Waals surface area contributed by atoms with Gasteiger partial charge in [0.2, 0.25) is 0 Å². The van der Waals surface area contributed by atoms with Crippen LogP contribution in [0.15, 0.2) is 0 Å². The molecule has 0 amide bonds. The lowest BCUT2D eigenvalue weighted by atomic mass is 9.66. The zero-order valence-electron chi connectivity index (χ0n) is 5.34. The molecule has 0 saturated carbocycles. The first kappa shape index (κ1) is 10.1. The number of hydrogen-bond donors (Lipinski definition) is 4. The fourth-order valence-electron chi connectivity index (χ4n) is 0.237. The highest BCUT2D eigenvalue weighted by Crippen LogP contribution is 2.36. The molecule has 0 radical (unpaired) electrons. The lowest BCUT2D eigenvalue weighted by Gasteiger charge is -2.12. The Hall–Kier alpha value is 0.0949. The predicted octanol–water partition coefficient (Wildman–Crippen LogP) is -1.47. The highest BCUT2D eigenvalue weighted by molar-refractivity contribution is 7.46. The van der Waals surface area contributed by atoms with Crippen LogP contribution in [0.3, 0.4) is 0 Å². The number of aliphatic hydroxyl groups excluding tert-OH is 1. The molecule has 0 aromatic rings. The minimum Gasteiger partial charge on any atom is -0.373 e. The van der Waals surface area contributed by atoms with Gasteiger partial charge in [-0.1, -0.05) is 6.82 Å². The summed E-state index contributed by atoms with van der Waals surface area (Å²) in [4.78, 5) is 16.2. The standard InChI is InChI=1S/C2H9BNO5P/c1-3(4)2(5)9-10(6,7)8/h2,5H,4H2,1H3,(H2,6,7,8). The number of aliphatic hydroxyl groups is 1. The number of phosphoric ester groups is 1. The molecule has 0 aliphatic carbocycles. The normalized spacial score (nSPS) is 14.9. The van der Waals surface area contributed by atoms with Gasteiger partial charge >= 0.3 is 7.82 Å². The van der Waals surface area contributed by atoms with Crippen molar-refractivity contribution in [1.29, 1.82) is 0 Å². The third-order valence-corrected chi connectivity index (χ3v) is 1.19. The van der Waals surface area contributed by atoms with Gasteiger partial charge in [-0.3, -0.25) is 4.52 Å². The Kier molecular flexibility index (Phi) is 3.51. The highest BCUT2D eigenvalue weighted by atomic mass is 31.2. The summed E-state index contributed by atoms with van der Waals surface area (Å²) in [6, 6.07) is 0. The monoisotopic (exact) mass is 169 g/mol. The van der Waals surface area contributed by atoms with Gasteiger partial charge < -0.3 is 20.5 Å². The summed E-state index contributed by atoms with van der Waals surface area (Å²) in [6.45, 7) is 0.535. The molecule has 0 rings (SSSR count). The molecule has 0 aromatic carbocycles. The molecule has 1 atom stereocenters. The summed E-state index contributed by atoms with van der Waals surface area (Å²) in [5.74, 6) is 0. The van der Waals surface area contributed by atoms with Crippen LogP contribution in [0.25, 0.3) is 0 Å². The average Bonchev–Trinajstić information content (AvgIpc) is 1.60. The molecular formula is C2H9BNO5P. The van der Waals surface area contributed by atoms with Crippen molar-refractivity contribution < 1.29 is 24.0 Å².